The predicted molar refractivity (Wildman–Crippen MR) is 75.5 cm³/mol. The summed E-state index contributed by atoms with van der Waals surface area (Å²) in [6, 6.07) is 2.83. The zero-order valence-corrected chi connectivity index (χ0v) is 11.6. The molecular weight excluding hydrogens is 328 g/mol. The number of carboxylic acids is 2. The summed E-state index contributed by atoms with van der Waals surface area (Å²) in [4.78, 5) is 36.3. The molecule has 0 aliphatic carbocycles. The molecule has 2 aromatic rings. The maximum Gasteiger partial charge on any atom is 0.342 e. The number of anilines is 1. The number of nitrogen functional groups attached to an aromatic ring is 1. The summed E-state index contributed by atoms with van der Waals surface area (Å²) in [6.07, 6.45) is 0. The number of pyridine rings is 1. The zero-order chi connectivity index (χ0) is 18.2. The van der Waals surface area contributed by atoms with Crippen LogP contribution < -0.4 is 11.3 Å². The Kier molecular flexibility index (Phi) is 4.02. The van der Waals surface area contributed by atoms with Gasteiger partial charge in [0.1, 0.15) is 28.8 Å². The highest BCUT2D eigenvalue weighted by Crippen LogP contribution is 2.34. The summed E-state index contributed by atoms with van der Waals surface area (Å²) >= 11 is 0. The van der Waals surface area contributed by atoms with Crippen LogP contribution in [0.5, 0.6) is 0 Å². The van der Waals surface area contributed by atoms with Gasteiger partial charge in [0, 0.05) is 5.56 Å². The quantitative estimate of drug-likeness (QED) is 0.655. The van der Waals surface area contributed by atoms with Gasteiger partial charge in [-0.2, -0.15) is 5.26 Å². The van der Waals surface area contributed by atoms with E-state index in [1.54, 1.807) is 4.98 Å². The van der Waals surface area contributed by atoms with Crippen molar-refractivity contribution in [2.45, 2.75) is 0 Å². The molecule has 8 nitrogen and oxygen atoms in total. The number of aromatic nitrogens is 1. The molecule has 0 radical (unpaired) electrons. The number of benzene rings is 1. The van der Waals surface area contributed by atoms with Gasteiger partial charge in [-0.25, -0.2) is 18.4 Å². The third-order valence-corrected chi connectivity index (χ3v) is 3.13. The second kappa shape index (κ2) is 5.81. The standard InChI is InChI=1S/C14H7F2N3O5/c15-5-2-1-4(3-17)10(16)6(5)7-8(13(21)22)11(18)19-12(20)9(7)14(23)24/h1-2H,(H,21,22)(H,23,24)(H3,18,19,20). The molecule has 1 heterocycles. The number of aromatic amines is 1. The molecule has 0 fully saturated rings. The Morgan fingerprint density at radius 1 is 1.12 bits per heavy atom. The van der Waals surface area contributed by atoms with E-state index in [0.29, 0.717) is 6.07 Å². The number of nitriles is 1. The molecule has 2 rings (SSSR count). The van der Waals surface area contributed by atoms with E-state index in [1.807, 2.05) is 0 Å². The van der Waals surface area contributed by atoms with Gasteiger partial charge in [-0.3, -0.25) is 4.79 Å². The number of carbonyl (C=O) groups is 2. The van der Waals surface area contributed by atoms with Crippen molar-refractivity contribution in [1.82, 2.24) is 4.98 Å². The number of hydrogen-bond donors (Lipinski definition) is 4. The van der Waals surface area contributed by atoms with E-state index >= 15 is 0 Å². The highest BCUT2D eigenvalue weighted by molar-refractivity contribution is 6.07. The van der Waals surface area contributed by atoms with E-state index in [-0.39, 0.29) is 0 Å². The molecule has 0 bridgehead atoms. The maximum absolute atomic E-state index is 14.4. The summed E-state index contributed by atoms with van der Waals surface area (Å²) in [7, 11) is 0. The van der Waals surface area contributed by atoms with Gasteiger partial charge in [0.2, 0.25) is 0 Å². The second-order valence-corrected chi connectivity index (χ2v) is 4.50. The van der Waals surface area contributed by atoms with E-state index in [1.165, 1.54) is 6.07 Å². The minimum Gasteiger partial charge on any atom is -0.478 e. The first-order valence-electron chi connectivity index (χ1n) is 6.11. The van der Waals surface area contributed by atoms with Crippen LogP contribution in [0.25, 0.3) is 11.1 Å². The van der Waals surface area contributed by atoms with Crippen LogP contribution in [0, 0.1) is 23.0 Å². The second-order valence-electron chi connectivity index (χ2n) is 4.50. The summed E-state index contributed by atoms with van der Waals surface area (Å²) in [6.45, 7) is 0. The highest BCUT2D eigenvalue weighted by Gasteiger charge is 2.30. The van der Waals surface area contributed by atoms with Gasteiger partial charge in [0.05, 0.1) is 11.1 Å². The van der Waals surface area contributed by atoms with Gasteiger partial charge in [-0.1, -0.05) is 0 Å². The van der Waals surface area contributed by atoms with Crippen molar-refractivity contribution in [2.75, 3.05) is 5.73 Å². The molecule has 0 spiro atoms. The van der Waals surface area contributed by atoms with Crippen LogP contribution in [0.15, 0.2) is 16.9 Å². The number of halogens is 2. The van der Waals surface area contributed by atoms with E-state index < -0.39 is 62.8 Å². The lowest BCUT2D eigenvalue weighted by molar-refractivity contribution is 0.0695. The summed E-state index contributed by atoms with van der Waals surface area (Å²) in [5.41, 5.74) is -1.06. The van der Waals surface area contributed by atoms with Gasteiger partial charge in [0.25, 0.3) is 5.56 Å². The number of nitrogens with two attached hydrogens (primary N) is 1. The molecule has 0 amide bonds. The van der Waals surface area contributed by atoms with Gasteiger partial charge < -0.3 is 20.9 Å². The topological polar surface area (TPSA) is 157 Å². The Morgan fingerprint density at radius 3 is 2.21 bits per heavy atom. The fourth-order valence-corrected chi connectivity index (χ4v) is 2.16. The maximum atomic E-state index is 14.4. The normalized spacial score (nSPS) is 10.2. The van der Waals surface area contributed by atoms with Crippen molar-refractivity contribution in [3.63, 3.8) is 0 Å². The minimum atomic E-state index is -1.92. The largest absolute Gasteiger partial charge is 0.478 e. The molecule has 10 heteroatoms. The number of carboxylic acid groups (broad SMARTS) is 2. The van der Waals surface area contributed by atoms with Crippen LogP contribution in [-0.4, -0.2) is 27.1 Å². The van der Waals surface area contributed by atoms with Crippen LogP contribution >= 0.6 is 0 Å². The van der Waals surface area contributed by atoms with Crippen molar-refractivity contribution in [3.05, 3.63) is 50.8 Å². The van der Waals surface area contributed by atoms with Gasteiger partial charge in [-0.05, 0) is 12.1 Å². The molecule has 24 heavy (non-hydrogen) atoms. The van der Waals surface area contributed by atoms with Crippen LogP contribution in [0.1, 0.15) is 26.3 Å². The number of nitrogens with one attached hydrogen (secondary N) is 1. The smallest absolute Gasteiger partial charge is 0.342 e. The average molecular weight is 335 g/mol. The first-order chi connectivity index (χ1) is 11.2. The molecule has 0 atom stereocenters. The van der Waals surface area contributed by atoms with E-state index in [4.69, 9.17) is 16.1 Å². The van der Waals surface area contributed by atoms with Gasteiger partial charge in [-0.15, -0.1) is 0 Å². The van der Waals surface area contributed by atoms with Crippen molar-refractivity contribution >= 4 is 17.8 Å². The molecular formula is C14H7F2N3O5. The monoisotopic (exact) mass is 335 g/mol. The molecule has 0 aliphatic rings. The lowest BCUT2D eigenvalue weighted by Crippen LogP contribution is -2.24. The molecule has 0 saturated heterocycles. The van der Waals surface area contributed by atoms with Gasteiger partial charge in [0.15, 0.2) is 5.82 Å². The van der Waals surface area contributed by atoms with Crippen LogP contribution in [0.3, 0.4) is 0 Å². The Morgan fingerprint density at radius 2 is 1.71 bits per heavy atom. The first-order valence-corrected chi connectivity index (χ1v) is 6.11. The minimum absolute atomic E-state index is 0.644. The lowest BCUT2D eigenvalue weighted by atomic mass is 9.93. The predicted octanol–water partition coefficient (Wildman–Crippen LogP) is 1.17. The Hall–Kier alpha value is -3.74. The zero-order valence-electron chi connectivity index (χ0n) is 11.6. The molecule has 0 saturated carbocycles. The summed E-state index contributed by atoms with van der Waals surface area (Å²) in [5.74, 6) is -7.39. The Labute approximate surface area is 131 Å². The van der Waals surface area contributed by atoms with Crippen LogP contribution in [0.4, 0.5) is 14.6 Å². The van der Waals surface area contributed by atoms with Crippen molar-refractivity contribution in [3.8, 4) is 17.2 Å². The lowest BCUT2D eigenvalue weighted by Gasteiger charge is -2.13. The van der Waals surface area contributed by atoms with Gasteiger partial charge >= 0.3 is 11.9 Å². The highest BCUT2D eigenvalue weighted by atomic mass is 19.1. The Balaban J connectivity index is 3.16. The van der Waals surface area contributed by atoms with Crippen molar-refractivity contribution < 1.29 is 28.6 Å². The molecule has 5 N–H and O–H groups in total. The average Bonchev–Trinajstić information content (AvgIpc) is 2.46. The number of H-pyrrole nitrogens is 1. The molecule has 1 aromatic heterocycles. The van der Waals surface area contributed by atoms with Crippen molar-refractivity contribution in [1.29, 1.82) is 5.26 Å². The summed E-state index contributed by atoms with van der Waals surface area (Å²) in [5, 5.41) is 27.2. The number of hydrogen-bond acceptors (Lipinski definition) is 5. The molecule has 1 aromatic carbocycles. The molecule has 122 valence electrons. The van der Waals surface area contributed by atoms with E-state index in [0.717, 1.165) is 6.07 Å². The number of aromatic carboxylic acids is 2. The van der Waals surface area contributed by atoms with E-state index in [2.05, 4.69) is 0 Å². The third kappa shape index (κ3) is 2.44. The Bertz CT molecular complexity index is 991. The van der Waals surface area contributed by atoms with Crippen LogP contribution in [0.2, 0.25) is 0 Å². The summed E-state index contributed by atoms with van der Waals surface area (Å²) < 4.78 is 28.5. The molecule has 0 aliphatic heterocycles. The van der Waals surface area contributed by atoms with Crippen molar-refractivity contribution in [2.24, 2.45) is 0 Å². The number of nitrogens with zero attached hydrogens (tertiary/aromatic N) is 1. The fraction of sp³-hybridized carbons (Fsp3) is 0. The van der Waals surface area contributed by atoms with E-state index in [9.17, 15) is 28.3 Å². The fourth-order valence-electron chi connectivity index (χ4n) is 2.16. The van der Waals surface area contributed by atoms with Crippen LogP contribution in [-0.2, 0) is 0 Å². The third-order valence-electron chi connectivity index (χ3n) is 3.13. The number of rotatable bonds is 3. The SMILES string of the molecule is N#Cc1ccc(F)c(-c2c(C(=O)O)c(N)[nH]c(=O)c2C(=O)O)c1F. The first kappa shape index (κ1) is 16.6. The molecule has 0 unspecified atom stereocenters.